The summed E-state index contributed by atoms with van der Waals surface area (Å²) < 4.78 is 0. The van der Waals surface area contributed by atoms with Crippen LogP contribution < -0.4 is 4.89 Å². The van der Waals surface area contributed by atoms with E-state index in [0.29, 0.717) is 5.75 Å². The first-order valence-corrected chi connectivity index (χ1v) is 6.79. The van der Waals surface area contributed by atoms with Crippen LogP contribution in [0.15, 0.2) is 102 Å². The monoisotopic (exact) mass is 292 g/mol. The zero-order valence-corrected chi connectivity index (χ0v) is 11.9. The summed E-state index contributed by atoms with van der Waals surface area (Å²) in [7, 11) is 0. The molecule has 0 aromatic heterocycles. The molecule has 0 aliphatic carbocycles. The van der Waals surface area contributed by atoms with Crippen LogP contribution in [0.2, 0.25) is 0 Å². The fourth-order valence-corrected chi connectivity index (χ4v) is 1.56. The van der Waals surface area contributed by atoms with Crippen LogP contribution in [0.3, 0.4) is 0 Å². The highest BCUT2D eigenvalue weighted by atomic mass is 17.3. The molecule has 0 unspecified atom stereocenters. The van der Waals surface area contributed by atoms with Crippen molar-refractivity contribution < 1.29 is 9.88 Å². The summed E-state index contributed by atoms with van der Waals surface area (Å²) in [6.45, 7) is 0. The van der Waals surface area contributed by atoms with Crippen molar-refractivity contribution in [2.75, 3.05) is 0 Å². The molecule has 1 heterocycles. The Morgan fingerprint density at radius 1 is 0.682 bits per heavy atom. The highest BCUT2D eigenvalue weighted by molar-refractivity contribution is 5.58. The molecule has 4 nitrogen and oxygen atoms in total. The predicted octanol–water partition coefficient (Wildman–Crippen LogP) is 5.13. The average Bonchev–Trinajstić information content (AvgIpc) is 2.55. The second-order valence-electron chi connectivity index (χ2n) is 4.13. The van der Waals surface area contributed by atoms with Gasteiger partial charge in [0, 0.05) is 5.56 Å². The smallest absolute Gasteiger partial charge is 0.188 e. The first kappa shape index (κ1) is 15.3. The van der Waals surface area contributed by atoms with E-state index in [1.807, 2.05) is 79.0 Å². The highest BCUT2D eigenvalue weighted by Gasteiger charge is 2.00. The molecule has 2 rings (SSSR count). The quantitative estimate of drug-likeness (QED) is 0.622. The molecule has 0 N–H and O–H groups in total. The molecule has 4 heteroatoms. The standard InChI is InChI=1S/C18H16N2O2/c1-2-4-6-8-12-16-19-20-22-21-18-15-11-10-14-17(18)13-9-7-5-3-1/h1-16H/b3-1?,4-2?,7-5+,8-6-,13-9-,16-12-,20-19?. The van der Waals surface area contributed by atoms with Gasteiger partial charge in [0.25, 0.3) is 0 Å². The summed E-state index contributed by atoms with van der Waals surface area (Å²) in [6, 6.07) is 7.49. The zero-order chi connectivity index (χ0) is 15.3. The van der Waals surface area contributed by atoms with E-state index in [9.17, 15) is 0 Å². The lowest BCUT2D eigenvalue weighted by Crippen LogP contribution is -1.91. The van der Waals surface area contributed by atoms with E-state index in [2.05, 4.69) is 10.4 Å². The Balaban J connectivity index is 2.16. The third-order valence-corrected chi connectivity index (χ3v) is 2.56. The minimum absolute atomic E-state index is 0.564. The molecule has 0 saturated carbocycles. The Hall–Kier alpha value is -3.14. The summed E-state index contributed by atoms with van der Waals surface area (Å²) in [5.74, 6) is 0.564. The van der Waals surface area contributed by atoms with Gasteiger partial charge in [0.2, 0.25) is 0 Å². The van der Waals surface area contributed by atoms with Gasteiger partial charge in [-0.15, -0.1) is 10.1 Å². The molecule has 0 spiro atoms. The third kappa shape index (κ3) is 5.88. The Morgan fingerprint density at radius 2 is 1.32 bits per heavy atom. The summed E-state index contributed by atoms with van der Waals surface area (Å²) in [6.07, 6.45) is 22.4. The molecule has 1 aromatic carbocycles. The minimum Gasteiger partial charge on any atom is -0.265 e. The first-order chi connectivity index (χ1) is 11.0. The van der Waals surface area contributed by atoms with Crippen LogP contribution in [0, 0.1) is 0 Å². The lowest BCUT2D eigenvalue weighted by atomic mass is 10.2. The van der Waals surface area contributed by atoms with Crippen molar-refractivity contribution in [2.45, 2.75) is 0 Å². The number of hydrogen-bond acceptors (Lipinski definition) is 4. The van der Waals surface area contributed by atoms with Gasteiger partial charge in [-0.3, -0.25) is 4.89 Å². The van der Waals surface area contributed by atoms with Gasteiger partial charge in [-0.1, -0.05) is 79.0 Å². The van der Waals surface area contributed by atoms with Gasteiger partial charge in [0.05, 0.1) is 11.5 Å². The first-order valence-electron chi connectivity index (χ1n) is 6.79. The van der Waals surface area contributed by atoms with Crippen molar-refractivity contribution in [1.82, 2.24) is 0 Å². The summed E-state index contributed by atoms with van der Waals surface area (Å²) >= 11 is 0. The van der Waals surface area contributed by atoms with E-state index < -0.39 is 0 Å². The number of rotatable bonds is 0. The Labute approximate surface area is 129 Å². The number of benzene rings is 1. The van der Waals surface area contributed by atoms with E-state index >= 15 is 0 Å². The number of allylic oxidation sites excluding steroid dienone is 10. The second-order valence-corrected chi connectivity index (χ2v) is 4.13. The molecule has 1 aromatic rings. The van der Waals surface area contributed by atoms with Crippen LogP contribution in [0.25, 0.3) is 6.08 Å². The minimum atomic E-state index is 0.564. The number of fused-ring (bicyclic) bond motifs is 1. The van der Waals surface area contributed by atoms with Gasteiger partial charge in [0.15, 0.2) is 5.75 Å². The molecule has 0 fully saturated rings. The molecule has 0 radical (unpaired) electrons. The van der Waals surface area contributed by atoms with Gasteiger partial charge >= 0.3 is 0 Å². The fourth-order valence-electron chi connectivity index (χ4n) is 1.56. The maximum absolute atomic E-state index is 5.12. The Bertz CT molecular complexity index is 665. The second kappa shape index (κ2) is 9.72. The van der Waals surface area contributed by atoms with E-state index in [0.717, 1.165) is 5.56 Å². The third-order valence-electron chi connectivity index (χ3n) is 2.56. The van der Waals surface area contributed by atoms with Crippen LogP contribution in [0.5, 0.6) is 5.75 Å². The lowest BCUT2D eigenvalue weighted by Gasteiger charge is -2.02. The fraction of sp³-hybridized carbons (Fsp3) is 0. The maximum Gasteiger partial charge on any atom is 0.188 e. The van der Waals surface area contributed by atoms with Crippen LogP contribution in [-0.4, -0.2) is 0 Å². The van der Waals surface area contributed by atoms with Gasteiger partial charge in [-0.2, -0.15) is 0 Å². The molecule has 22 heavy (non-hydrogen) atoms. The molecule has 0 atom stereocenters. The molecule has 0 amide bonds. The van der Waals surface area contributed by atoms with Crippen molar-refractivity contribution >= 4 is 6.08 Å². The normalized spacial score (nSPS) is 20.5. The van der Waals surface area contributed by atoms with Crippen LogP contribution >= 0.6 is 0 Å². The van der Waals surface area contributed by atoms with Crippen LogP contribution in [0.1, 0.15) is 5.56 Å². The van der Waals surface area contributed by atoms with Gasteiger partial charge in [-0.25, -0.2) is 0 Å². The molecule has 0 bridgehead atoms. The molecule has 1 aliphatic rings. The number of para-hydroxylation sites is 1. The Morgan fingerprint density at radius 3 is 2.09 bits per heavy atom. The summed E-state index contributed by atoms with van der Waals surface area (Å²) in [5.41, 5.74) is 0.880. The summed E-state index contributed by atoms with van der Waals surface area (Å²) in [5, 5.41) is 7.13. The van der Waals surface area contributed by atoms with Crippen molar-refractivity contribution in [3.8, 4) is 5.75 Å². The highest BCUT2D eigenvalue weighted by Crippen LogP contribution is 2.19. The van der Waals surface area contributed by atoms with E-state index in [1.54, 1.807) is 12.1 Å². The van der Waals surface area contributed by atoms with Gasteiger partial charge < -0.3 is 0 Å². The van der Waals surface area contributed by atoms with Gasteiger partial charge in [0.1, 0.15) is 0 Å². The maximum atomic E-state index is 5.12. The molecule has 110 valence electrons. The van der Waals surface area contributed by atoms with Crippen molar-refractivity contribution in [2.24, 2.45) is 10.4 Å². The number of hydrogen-bond donors (Lipinski definition) is 0. The number of nitrogens with zero attached hydrogens (tertiary/aromatic N) is 2. The van der Waals surface area contributed by atoms with E-state index in [-0.39, 0.29) is 0 Å². The largest absolute Gasteiger partial charge is 0.265 e. The molecular weight excluding hydrogens is 276 g/mol. The lowest BCUT2D eigenvalue weighted by molar-refractivity contribution is -0.215. The van der Waals surface area contributed by atoms with E-state index in [4.69, 9.17) is 9.88 Å². The molecule has 1 aliphatic heterocycles. The van der Waals surface area contributed by atoms with Crippen molar-refractivity contribution in [3.05, 3.63) is 96.8 Å². The van der Waals surface area contributed by atoms with Crippen LogP contribution in [0.4, 0.5) is 0 Å². The summed E-state index contributed by atoms with van der Waals surface area (Å²) in [4.78, 5) is 9.83. The van der Waals surface area contributed by atoms with Crippen molar-refractivity contribution in [3.63, 3.8) is 0 Å². The SMILES string of the molecule is C1=C/C=C\C=C/N=NOOc2ccccc2/C=C\C=C\C=C1. The van der Waals surface area contributed by atoms with Crippen LogP contribution in [-0.2, 0) is 4.99 Å². The zero-order valence-electron chi connectivity index (χ0n) is 11.9. The van der Waals surface area contributed by atoms with E-state index in [1.165, 1.54) is 6.20 Å². The molecular formula is C18H16N2O2. The average molecular weight is 292 g/mol. The van der Waals surface area contributed by atoms with Crippen molar-refractivity contribution in [1.29, 1.82) is 0 Å². The predicted molar refractivity (Wildman–Crippen MR) is 87.7 cm³/mol. The Kier molecular flexibility index (Phi) is 6.74. The topological polar surface area (TPSA) is 43.2 Å². The molecule has 0 saturated heterocycles. The van der Waals surface area contributed by atoms with Gasteiger partial charge in [-0.05, 0) is 12.1 Å².